The van der Waals surface area contributed by atoms with Crippen molar-refractivity contribution in [2.45, 2.75) is 51.5 Å². The Bertz CT molecular complexity index is 520. The van der Waals surface area contributed by atoms with Gasteiger partial charge in [0.15, 0.2) is 0 Å². The van der Waals surface area contributed by atoms with E-state index >= 15 is 0 Å². The van der Waals surface area contributed by atoms with Gasteiger partial charge in [0.05, 0.1) is 12.6 Å². The number of hydrogen-bond acceptors (Lipinski definition) is 2. The van der Waals surface area contributed by atoms with Gasteiger partial charge in [0, 0.05) is 13.1 Å². The molecule has 0 N–H and O–H groups in total. The minimum atomic E-state index is 0. The summed E-state index contributed by atoms with van der Waals surface area (Å²) in [6, 6.07) is 8.94. The molecule has 1 aromatic rings. The lowest BCUT2D eigenvalue weighted by atomic mass is 9.90. The standard InChI is InChI=1S/C19H28N2O.ClH/c1-2-3-4-5-8-12-20-14-18-17-10-7-6-9-16(17)11-13-21(18)19(22)15-20;/h6-7,9-10,18H,2-5,8,11-15H2,1H3;1H. The maximum absolute atomic E-state index is 12.5. The summed E-state index contributed by atoms with van der Waals surface area (Å²) in [6.45, 7) is 5.84. The molecule has 1 unspecified atom stereocenters. The third kappa shape index (κ3) is 4.27. The summed E-state index contributed by atoms with van der Waals surface area (Å²) in [7, 11) is 0. The number of benzene rings is 1. The normalized spacial score (nSPS) is 20.7. The van der Waals surface area contributed by atoms with Crippen LogP contribution in [0.3, 0.4) is 0 Å². The Hall–Kier alpha value is -1.06. The molecule has 0 radical (unpaired) electrons. The molecule has 0 aromatic heterocycles. The van der Waals surface area contributed by atoms with Crippen LogP contribution in [-0.4, -0.2) is 41.9 Å². The van der Waals surface area contributed by atoms with Crippen LogP contribution in [-0.2, 0) is 11.2 Å². The summed E-state index contributed by atoms with van der Waals surface area (Å²) in [5, 5.41) is 0. The first-order chi connectivity index (χ1) is 10.8. The maximum atomic E-state index is 12.5. The molecule has 0 spiro atoms. The Morgan fingerprint density at radius 1 is 1.13 bits per heavy atom. The maximum Gasteiger partial charge on any atom is 0.237 e. The van der Waals surface area contributed by atoms with Gasteiger partial charge in [-0.1, -0.05) is 56.9 Å². The lowest BCUT2D eigenvalue weighted by molar-refractivity contribution is -0.140. The Balaban J connectivity index is 0.00000192. The number of unbranched alkanes of at least 4 members (excludes halogenated alkanes) is 4. The first-order valence-corrected chi connectivity index (χ1v) is 8.89. The number of fused-ring (bicyclic) bond motifs is 3. The molecular formula is C19H29ClN2O. The number of carbonyl (C=O) groups is 1. The highest BCUT2D eigenvalue weighted by Crippen LogP contribution is 2.32. The Labute approximate surface area is 146 Å². The molecule has 1 saturated heterocycles. The fraction of sp³-hybridized carbons (Fsp3) is 0.632. The molecule has 1 fully saturated rings. The molecule has 4 heteroatoms. The zero-order valence-electron chi connectivity index (χ0n) is 14.2. The minimum Gasteiger partial charge on any atom is -0.333 e. The van der Waals surface area contributed by atoms with E-state index in [1.165, 1.54) is 43.2 Å². The summed E-state index contributed by atoms with van der Waals surface area (Å²) in [6.07, 6.45) is 7.48. The number of carbonyl (C=O) groups excluding carboxylic acids is 1. The number of hydrogen-bond donors (Lipinski definition) is 0. The van der Waals surface area contributed by atoms with Crippen molar-refractivity contribution in [3.63, 3.8) is 0 Å². The average Bonchev–Trinajstić information content (AvgIpc) is 2.54. The van der Waals surface area contributed by atoms with E-state index in [0.717, 1.165) is 26.1 Å². The molecule has 1 amide bonds. The van der Waals surface area contributed by atoms with Crippen molar-refractivity contribution in [1.29, 1.82) is 0 Å². The van der Waals surface area contributed by atoms with Crippen molar-refractivity contribution in [2.75, 3.05) is 26.2 Å². The van der Waals surface area contributed by atoms with E-state index in [1.807, 2.05) is 0 Å². The van der Waals surface area contributed by atoms with Crippen molar-refractivity contribution < 1.29 is 4.79 Å². The van der Waals surface area contributed by atoms with Gasteiger partial charge in [0.1, 0.15) is 0 Å². The lowest BCUT2D eigenvalue weighted by Crippen LogP contribution is -2.54. The molecule has 128 valence electrons. The Morgan fingerprint density at radius 2 is 1.91 bits per heavy atom. The van der Waals surface area contributed by atoms with Crippen molar-refractivity contribution in [3.05, 3.63) is 35.4 Å². The van der Waals surface area contributed by atoms with Gasteiger partial charge < -0.3 is 4.90 Å². The van der Waals surface area contributed by atoms with E-state index in [0.29, 0.717) is 12.5 Å². The second-order valence-corrected chi connectivity index (χ2v) is 6.70. The Morgan fingerprint density at radius 3 is 2.74 bits per heavy atom. The molecule has 2 heterocycles. The molecule has 2 aliphatic heterocycles. The Kier molecular flexibility index (Phi) is 6.91. The topological polar surface area (TPSA) is 23.6 Å². The average molecular weight is 337 g/mol. The van der Waals surface area contributed by atoms with Gasteiger partial charge in [-0.15, -0.1) is 12.4 Å². The van der Waals surface area contributed by atoms with E-state index in [2.05, 4.69) is 41.0 Å². The van der Waals surface area contributed by atoms with Gasteiger partial charge in [-0.05, 0) is 30.5 Å². The van der Waals surface area contributed by atoms with Crippen LogP contribution in [0.4, 0.5) is 0 Å². The highest BCUT2D eigenvalue weighted by atomic mass is 35.5. The van der Waals surface area contributed by atoms with Crippen LogP contribution in [0.2, 0.25) is 0 Å². The number of halogens is 1. The third-order valence-electron chi connectivity index (χ3n) is 5.10. The number of nitrogens with zero attached hydrogens (tertiary/aromatic N) is 2. The first kappa shape index (κ1) is 18.3. The summed E-state index contributed by atoms with van der Waals surface area (Å²) in [5.41, 5.74) is 2.80. The summed E-state index contributed by atoms with van der Waals surface area (Å²) in [4.78, 5) is 16.9. The predicted molar refractivity (Wildman–Crippen MR) is 97.0 cm³/mol. The second kappa shape index (κ2) is 8.70. The first-order valence-electron chi connectivity index (χ1n) is 8.89. The number of amides is 1. The number of piperazine rings is 1. The molecule has 1 atom stereocenters. The molecule has 1 aromatic carbocycles. The molecule has 3 rings (SSSR count). The quantitative estimate of drug-likeness (QED) is 0.737. The van der Waals surface area contributed by atoms with E-state index < -0.39 is 0 Å². The third-order valence-corrected chi connectivity index (χ3v) is 5.10. The second-order valence-electron chi connectivity index (χ2n) is 6.70. The zero-order chi connectivity index (χ0) is 15.4. The van der Waals surface area contributed by atoms with Crippen LogP contribution in [0, 0.1) is 0 Å². The molecule has 2 aliphatic rings. The summed E-state index contributed by atoms with van der Waals surface area (Å²) in [5.74, 6) is 0.319. The van der Waals surface area contributed by atoms with Crippen molar-refractivity contribution in [2.24, 2.45) is 0 Å². The molecular weight excluding hydrogens is 308 g/mol. The smallest absolute Gasteiger partial charge is 0.237 e. The van der Waals surface area contributed by atoms with Crippen molar-refractivity contribution >= 4 is 18.3 Å². The highest BCUT2D eigenvalue weighted by molar-refractivity contribution is 5.85. The van der Waals surface area contributed by atoms with Gasteiger partial charge in [-0.3, -0.25) is 9.69 Å². The van der Waals surface area contributed by atoms with Crippen LogP contribution in [0.15, 0.2) is 24.3 Å². The molecule has 23 heavy (non-hydrogen) atoms. The number of rotatable bonds is 6. The largest absolute Gasteiger partial charge is 0.333 e. The SMILES string of the molecule is CCCCCCCN1CC(=O)N2CCc3ccccc3C2C1.Cl. The van der Waals surface area contributed by atoms with E-state index in [4.69, 9.17) is 0 Å². The fourth-order valence-electron chi connectivity index (χ4n) is 3.85. The summed E-state index contributed by atoms with van der Waals surface area (Å²) >= 11 is 0. The van der Waals surface area contributed by atoms with Crippen LogP contribution in [0.5, 0.6) is 0 Å². The van der Waals surface area contributed by atoms with Gasteiger partial charge in [0.2, 0.25) is 5.91 Å². The predicted octanol–water partition coefficient (Wildman–Crippen LogP) is 3.82. The molecule has 0 bridgehead atoms. The summed E-state index contributed by atoms with van der Waals surface area (Å²) < 4.78 is 0. The van der Waals surface area contributed by atoms with E-state index in [9.17, 15) is 4.79 Å². The van der Waals surface area contributed by atoms with Crippen molar-refractivity contribution in [3.8, 4) is 0 Å². The van der Waals surface area contributed by atoms with E-state index in [-0.39, 0.29) is 18.4 Å². The van der Waals surface area contributed by atoms with Gasteiger partial charge in [0.25, 0.3) is 0 Å². The highest BCUT2D eigenvalue weighted by Gasteiger charge is 2.36. The van der Waals surface area contributed by atoms with Crippen molar-refractivity contribution in [1.82, 2.24) is 9.80 Å². The van der Waals surface area contributed by atoms with Crippen LogP contribution in [0.1, 0.15) is 56.2 Å². The van der Waals surface area contributed by atoms with Crippen LogP contribution < -0.4 is 0 Å². The van der Waals surface area contributed by atoms with Crippen LogP contribution >= 0.6 is 12.4 Å². The van der Waals surface area contributed by atoms with Gasteiger partial charge >= 0.3 is 0 Å². The van der Waals surface area contributed by atoms with Crippen LogP contribution in [0.25, 0.3) is 0 Å². The molecule has 0 saturated carbocycles. The molecule has 0 aliphatic carbocycles. The minimum absolute atomic E-state index is 0. The molecule has 3 nitrogen and oxygen atoms in total. The van der Waals surface area contributed by atoms with Gasteiger partial charge in [-0.2, -0.15) is 0 Å². The van der Waals surface area contributed by atoms with E-state index in [1.54, 1.807) is 0 Å². The fourth-order valence-corrected chi connectivity index (χ4v) is 3.85. The zero-order valence-corrected chi connectivity index (χ0v) is 15.0. The lowest BCUT2D eigenvalue weighted by Gasteiger charge is -2.44. The van der Waals surface area contributed by atoms with Gasteiger partial charge in [-0.25, -0.2) is 0 Å². The monoisotopic (exact) mass is 336 g/mol.